The maximum atomic E-state index is 10.9. The Bertz CT molecular complexity index is 501. The molecule has 0 aromatic heterocycles. The Morgan fingerprint density at radius 2 is 2.00 bits per heavy atom. The standard InChI is InChI=1S/C12H17ClN2O2S/c13-11-4-2-10(3-5-11)12-6-8-15(12)7-1-9-18(14,16)17/h2-5,12H,1,6-9H2,(H2,14,16,17). The molecule has 6 heteroatoms. The van der Waals surface area contributed by atoms with Gasteiger partial charge in [-0.15, -0.1) is 0 Å². The van der Waals surface area contributed by atoms with Gasteiger partial charge in [0.05, 0.1) is 5.75 Å². The smallest absolute Gasteiger partial charge is 0.209 e. The van der Waals surface area contributed by atoms with Gasteiger partial charge in [-0.1, -0.05) is 23.7 Å². The average Bonchev–Trinajstić information content (AvgIpc) is 2.24. The predicted molar refractivity (Wildman–Crippen MR) is 73.0 cm³/mol. The summed E-state index contributed by atoms with van der Waals surface area (Å²) in [5.74, 6) is 0.0524. The van der Waals surface area contributed by atoms with Crippen LogP contribution < -0.4 is 5.14 Å². The molecule has 0 saturated carbocycles. The average molecular weight is 289 g/mol. The fourth-order valence-electron chi connectivity index (χ4n) is 2.24. The van der Waals surface area contributed by atoms with E-state index < -0.39 is 10.0 Å². The van der Waals surface area contributed by atoms with Crippen LogP contribution >= 0.6 is 11.6 Å². The lowest BCUT2D eigenvalue weighted by Crippen LogP contribution is -2.42. The third-order valence-corrected chi connectivity index (χ3v) is 4.37. The van der Waals surface area contributed by atoms with E-state index in [2.05, 4.69) is 4.90 Å². The molecule has 2 N–H and O–H groups in total. The molecule has 0 amide bonds. The Morgan fingerprint density at radius 1 is 1.33 bits per heavy atom. The summed E-state index contributed by atoms with van der Waals surface area (Å²) < 4.78 is 21.7. The molecular weight excluding hydrogens is 272 g/mol. The lowest BCUT2D eigenvalue weighted by molar-refractivity contribution is 0.0914. The van der Waals surface area contributed by atoms with Crippen molar-refractivity contribution in [2.45, 2.75) is 18.9 Å². The first kappa shape index (κ1) is 13.8. The monoisotopic (exact) mass is 288 g/mol. The molecule has 1 aliphatic heterocycles. The van der Waals surface area contributed by atoms with E-state index in [1.807, 2.05) is 24.3 Å². The van der Waals surface area contributed by atoms with E-state index in [-0.39, 0.29) is 5.75 Å². The zero-order valence-corrected chi connectivity index (χ0v) is 11.6. The van der Waals surface area contributed by atoms with Crippen LogP contribution in [0.5, 0.6) is 0 Å². The van der Waals surface area contributed by atoms with Crippen molar-refractivity contribution in [3.8, 4) is 0 Å². The molecule has 1 aliphatic rings. The predicted octanol–water partition coefficient (Wildman–Crippen LogP) is 1.77. The van der Waals surface area contributed by atoms with Crippen molar-refractivity contribution >= 4 is 21.6 Å². The maximum Gasteiger partial charge on any atom is 0.209 e. The molecule has 0 aliphatic carbocycles. The zero-order valence-electron chi connectivity index (χ0n) is 10.0. The van der Waals surface area contributed by atoms with Crippen molar-refractivity contribution in [3.63, 3.8) is 0 Å². The van der Waals surface area contributed by atoms with E-state index in [4.69, 9.17) is 16.7 Å². The quantitative estimate of drug-likeness (QED) is 0.898. The summed E-state index contributed by atoms with van der Waals surface area (Å²) in [6.45, 7) is 1.78. The topological polar surface area (TPSA) is 63.4 Å². The largest absolute Gasteiger partial charge is 0.296 e. The van der Waals surface area contributed by atoms with E-state index in [9.17, 15) is 8.42 Å². The van der Waals surface area contributed by atoms with E-state index in [0.29, 0.717) is 12.5 Å². The van der Waals surface area contributed by atoms with Gasteiger partial charge in [0.15, 0.2) is 0 Å². The summed E-state index contributed by atoms with van der Waals surface area (Å²) in [6.07, 6.45) is 1.69. The second-order valence-electron chi connectivity index (χ2n) is 4.61. The fourth-order valence-corrected chi connectivity index (χ4v) is 2.90. The van der Waals surface area contributed by atoms with Crippen LogP contribution in [0.3, 0.4) is 0 Å². The molecule has 18 heavy (non-hydrogen) atoms. The zero-order chi connectivity index (χ0) is 13.2. The second-order valence-corrected chi connectivity index (χ2v) is 6.78. The van der Waals surface area contributed by atoms with Gasteiger partial charge in [0.25, 0.3) is 0 Å². The Hall–Kier alpha value is -0.620. The third-order valence-electron chi connectivity index (χ3n) is 3.26. The highest BCUT2D eigenvalue weighted by molar-refractivity contribution is 7.89. The lowest BCUT2D eigenvalue weighted by atomic mass is 9.95. The molecule has 1 fully saturated rings. The number of nitrogens with zero attached hydrogens (tertiary/aromatic N) is 1. The molecule has 1 unspecified atom stereocenters. The number of hydrogen-bond donors (Lipinski definition) is 1. The normalized spacial score (nSPS) is 20.7. The number of rotatable bonds is 5. The van der Waals surface area contributed by atoms with Crippen LogP contribution in [0.15, 0.2) is 24.3 Å². The first-order chi connectivity index (χ1) is 8.46. The molecule has 0 radical (unpaired) electrons. The molecule has 1 atom stereocenters. The van der Waals surface area contributed by atoms with Gasteiger partial charge in [-0.25, -0.2) is 13.6 Å². The summed E-state index contributed by atoms with van der Waals surface area (Å²) in [5.41, 5.74) is 1.24. The van der Waals surface area contributed by atoms with E-state index in [0.717, 1.165) is 24.5 Å². The summed E-state index contributed by atoms with van der Waals surface area (Å²) in [4.78, 5) is 2.27. The number of sulfonamides is 1. The van der Waals surface area contributed by atoms with Crippen LogP contribution in [0.25, 0.3) is 0 Å². The molecule has 0 bridgehead atoms. The molecule has 100 valence electrons. The Labute approximate surface area is 113 Å². The van der Waals surface area contributed by atoms with Crippen LogP contribution in [-0.4, -0.2) is 32.2 Å². The fraction of sp³-hybridized carbons (Fsp3) is 0.500. The van der Waals surface area contributed by atoms with Gasteiger partial charge < -0.3 is 0 Å². The Kier molecular flexibility index (Phi) is 4.27. The first-order valence-electron chi connectivity index (χ1n) is 5.96. The van der Waals surface area contributed by atoms with E-state index in [1.54, 1.807) is 0 Å². The second kappa shape index (κ2) is 5.57. The molecule has 2 rings (SSSR count). The first-order valence-corrected chi connectivity index (χ1v) is 8.05. The minimum absolute atomic E-state index is 0.0524. The number of hydrogen-bond acceptors (Lipinski definition) is 3. The van der Waals surface area contributed by atoms with Crippen molar-refractivity contribution in [2.24, 2.45) is 5.14 Å². The molecule has 1 saturated heterocycles. The van der Waals surface area contributed by atoms with Crippen LogP contribution in [0.1, 0.15) is 24.4 Å². The summed E-state index contributed by atoms with van der Waals surface area (Å²) >= 11 is 5.85. The van der Waals surface area contributed by atoms with Gasteiger partial charge in [0.2, 0.25) is 10.0 Å². The SMILES string of the molecule is NS(=O)(=O)CCCN1CCC1c1ccc(Cl)cc1. The minimum Gasteiger partial charge on any atom is -0.296 e. The number of benzene rings is 1. The summed E-state index contributed by atoms with van der Waals surface area (Å²) in [6, 6.07) is 8.22. The van der Waals surface area contributed by atoms with Crippen LogP contribution in [0.2, 0.25) is 5.02 Å². The molecular formula is C12H17ClN2O2S. The molecule has 0 spiro atoms. The number of likely N-dealkylation sites (tertiary alicyclic amines) is 1. The van der Waals surface area contributed by atoms with Crippen LogP contribution in [0, 0.1) is 0 Å². The molecule has 1 aromatic carbocycles. The van der Waals surface area contributed by atoms with Crippen LogP contribution in [-0.2, 0) is 10.0 Å². The van der Waals surface area contributed by atoms with E-state index >= 15 is 0 Å². The van der Waals surface area contributed by atoms with Gasteiger partial charge in [0, 0.05) is 17.6 Å². The highest BCUT2D eigenvalue weighted by atomic mass is 35.5. The van der Waals surface area contributed by atoms with Crippen molar-refractivity contribution < 1.29 is 8.42 Å². The van der Waals surface area contributed by atoms with Gasteiger partial charge in [-0.3, -0.25) is 4.90 Å². The van der Waals surface area contributed by atoms with Crippen LogP contribution in [0.4, 0.5) is 0 Å². The number of primary sulfonamides is 1. The Morgan fingerprint density at radius 3 is 2.50 bits per heavy atom. The van der Waals surface area contributed by atoms with Crippen molar-refractivity contribution in [3.05, 3.63) is 34.9 Å². The molecule has 1 aromatic rings. The van der Waals surface area contributed by atoms with Crippen molar-refractivity contribution in [2.75, 3.05) is 18.8 Å². The summed E-state index contributed by atoms with van der Waals surface area (Å²) in [5, 5.41) is 5.72. The highest BCUT2D eigenvalue weighted by Crippen LogP contribution is 2.33. The third kappa shape index (κ3) is 3.68. The number of nitrogens with two attached hydrogens (primary N) is 1. The Balaban J connectivity index is 1.87. The number of halogens is 1. The minimum atomic E-state index is -3.34. The summed E-state index contributed by atoms with van der Waals surface area (Å²) in [7, 11) is -3.34. The van der Waals surface area contributed by atoms with Crippen molar-refractivity contribution in [1.29, 1.82) is 0 Å². The van der Waals surface area contributed by atoms with Gasteiger partial charge in [-0.05, 0) is 37.1 Å². The molecule has 4 nitrogen and oxygen atoms in total. The molecule has 1 heterocycles. The van der Waals surface area contributed by atoms with E-state index in [1.165, 1.54) is 5.56 Å². The van der Waals surface area contributed by atoms with Gasteiger partial charge in [-0.2, -0.15) is 0 Å². The highest BCUT2D eigenvalue weighted by Gasteiger charge is 2.28. The lowest BCUT2D eigenvalue weighted by Gasteiger charge is -2.41. The van der Waals surface area contributed by atoms with Gasteiger partial charge >= 0.3 is 0 Å². The van der Waals surface area contributed by atoms with Gasteiger partial charge in [0.1, 0.15) is 0 Å². The maximum absolute atomic E-state index is 10.9. The van der Waals surface area contributed by atoms with Crippen molar-refractivity contribution in [1.82, 2.24) is 4.90 Å².